The van der Waals surface area contributed by atoms with Gasteiger partial charge >= 0.3 is 0 Å². The summed E-state index contributed by atoms with van der Waals surface area (Å²) in [5.74, 6) is -0.125. The maximum absolute atomic E-state index is 10.0. The van der Waals surface area contributed by atoms with Crippen LogP contribution in [-0.4, -0.2) is 30.2 Å². The summed E-state index contributed by atoms with van der Waals surface area (Å²) in [6.45, 7) is 5.70. The number of rotatable bonds is 2. The van der Waals surface area contributed by atoms with Crippen LogP contribution in [0.25, 0.3) is 0 Å². The molecule has 0 radical (unpaired) electrons. The first-order chi connectivity index (χ1) is 6.25. The van der Waals surface area contributed by atoms with Crippen molar-refractivity contribution in [3.63, 3.8) is 0 Å². The summed E-state index contributed by atoms with van der Waals surface area (Å²) in [5, 5.41) is 16.7. The normalized spacial score (nSPS) is 10.7. The molecule has 15 heavy (non-hydrogen) atoms. The smallest absolute Gasteiger partial charge is 0.155 e. The van der Waals surface area contributed by atoms with Gasteiger partial charge in [-0.05, 0) is 27.7 Å². The Kier molecular flexibility index (Phi) is 13.5. The lowest BCUT2D eigenvalue weighted by molar-refractivity contribution is -0.113. The number of hydrogen-bond donors (Lipinski definition) is 2. The fraction of sp³-hybridized carbons (Fsp3) is 0.400. The van der Waals surface area contributed by atoms with Gasteiger partial charge in [-0.3, -0.25) is 9.59 Å². The third kappa shape index (κ3) is 32.6. The maximum Gasteiger partial charge on any atom is 0.155 e. The predicted molar refractivity (Wildman–Crippen MR) is 64.1 cm³/mol. The molecule has 5 heteroatoms. The number of allylic oxidation sites excluding steroid dienone is 4. The van der Waals surface area contributed by atoms with E-state index in [0.29, 0.717) is 0 Å². The van der Waals surface area contributed by atoms with Crippen LogP contribution in [0.15, 0.2) is 23.7 Å². The van der Waals surface area contributed by atoms with E-state index in [4.69, 9.17) is 10.2 Å². The first-order valence-electron chi connectivity index (χ1n) is 4.01. The maximum atomic E-state index is 10.0. The zero-order valence-electron chi connectivity index (χ0n) is 8.87. The lowest BCUT2D eigenvalue weighted by Crippen LogP contribution is -1.82. The first kappa shape index (κ1) is 19.1. The highest BCUT2D eigenvalue weighted by Crippen LogP contribution is 1.82. The molecule has 0 unspecified atom stereocenters. The third-order valence-corrected chi connectivity index (χ3v) is 0.824. The van der Waals surface area contributed by atoms with Crippen molar-refractivity contribution >= 4 is 20.0 Å². The molecule has 0 atom stereocenters. The van der Waals surface area contributed by atoms with E-state index in [1.165, 1.54) is 39.8 Å². The first-order valence-corrected chi connectivity index (χ1v) is 4.01. The average Bonchev–Trinajstić information content (AvgIpc) is 1.79. The van der Waals surface area contributed by atoms with E-state index >= 15 is 0 Å². The van der Waals surface area contributed by atoms with Crippen molar-refractivity contribution < 1.29 is 19.8 Å². The standard InChI is InChI=1S/2C5H8O2.BH3/c2*1-4(6)3-5(2)7;/h2*3,6H,1-2H3;1H3/b2*4-3-;. The van der Waals surface area contributed by atoms with Gasteiger partial charge in [-0.2, -0.15) is 0 Å². The highest BCUT2D eigenvalue weighted by molar-refractivity contribution is 5.87. The Balaban J connectivity index is -0.000000180. The Labute approximate surface area is 91.9 Å². The highest BCUT2D eigenvalue weighted by atomic mass is 16.3. The topological polar surface area (TPSA) is 74.6 Å². The molecule has 0 aliphatic heterocycles. The summed E-state index contributed by atoms with van der Waals surface area (Å²) in [6, 6.07) is 0. The molecule has 0 fully saturated rings. The Hall–Kier alpha value is -1.52. The van der Waals surface area contributed by atoms with E-state index in [2.05, 4.69) is 0 Å². The van der Waals surface area contributed by atoms with E-state index < -0.39 is 0 Å². The molecule has 0 rings (SSSR count). The quantitative estimate of drug-likeness (QED) is 0.406. The number of aliphatic hydroxyl groups is 2. The van der Waals surface area contributed by atoms with Crippen LogP contribution in [0.5, 0.6) is 0 Å². The summed E-state index contributed by atoms with van der Waals surface area (Å²) in [4.78, 5) is 20.0. The van der Waals surface area contributed by atoms with Gasteiger partial charge in [0.2, 0.25) is 0 Å². The van der Waals surface area contributed by atoms with Crippen LogP contribution in [-0.2, 0) is 9.59 Å². The molecule has 86 valence electrons. The summed E-state index contributed by atoms with van der Waals surface area (Å²) in [5.41, 5.74) is 0. The van der Waals surface area contributed by atoms with Gasteiger partial charge in [0.05, 0.1) is 19.9 Å². The van der Waals surface area contributed by atoms with E-state index in [0.717, 1.165) is 0 Å². The van der Waals surface area contributed by atoms with Crippen molar-refractivity contribution in [1.82, 2.24) is 0 Å². The molecule has 0 bridgehead atoms. The van der Waals surface area contributed by atoms with Crippen LogP contribution in [0.1, 0.15) is 27.7 Å². The van der Waals surface area contributed by atoms with Gasteiger partial charge in [0.1, 0.15) is 0 Å². The van der Waals surface area contributed by atoms with E-state index in [-0.39, 0.29) is 31.5 Å². The minimum Gasteiger partial charge on any atom is -0.512 e. The number of carbonyl (C=O) groups is 2. The molecule has 0 saturated carbocycles. The summed E-state index contributed by atoms with van der Waals surface area (Å²) in [6.07, 6.45) is 2.33. The van der Waals surface area contributed by atoms with Crippen LogP contribution in [0.4, 0.5) is 0 Å². The molecular weight excluding hydrogens is 195 g/mol. The van der Waals surface area contributed by atoms with Crippen molar-refractivity contribution in [3.8, 4) is 0 Å². The molecule has 0 aliphatic carbocycles. The number of carbonyl (C=O) groups excluding carboxylic acids is 2. The van der Waals surface area contributed by atoms with Crippen molar-refractivity contribution in [2.24, 2.45) is 0 Å². The van der Waals surface area contributed by atoms with Crippen LogP contribution < -0.4 is 0 Å². The zero-order valence-corrected chi connectivity index (χ0v) is 8.87. The van der Waals surface area contributed by atoms with Crippen molar-refractivity contribution in [3.05, 3.63) is 23.7 Å². The Bertz CT molecular complexity index is 231. The van der Waals surface area contributed by atoms with Gasteiger partial charge in [-0.15, -0.1) is 0 Å². The fourth-order valence-electron chi connectivity index (χ4n) is 0.588. The molecule has 2 N–H and O–H groups in total. The SMILES string of the molecule is B.CC(=O)/C=C(/C)O.CC(=O)/C=C(/C)O. The van der Waals surface area contributed by atoms with Crippen LogP contribution >= 0.6 is 0 Å². The lowest BCUT2D eigenvalue weighted by atomic mass is 10.4. The molecule has 0 heterocycles. The molecule has 0 aromatic rings. The van der Waals surface area contributed by atoms with Crippen LogP contribution in [0, 0.1) is 0 Å². The van der Waals surface area contributed by atoms with Gasteiger partial charge < -0.3 is 10.2 Å². The minimum absolute atomic E-state index is 0. The molecular formula is C10H19BO4. The molecule has 0 aromatic heterocycles. The predicted octanol–water partition coefficient (Wildman–Crippen LogP) is 0.891. The van der Waals surface area contributed by atoms with Crippen LogP contribution in [0.2, 0.25) is 0 Å². The van der Waals surface area contributed by atoms with E-state index in [1.54, 1.807) is 0 Å². The van der Waals surface area contributed by atoms with E-state index in [1.807, 2.05) is 0 Å². The van der Waals surface area contributed by atoms with Gasteiger partial charge in [0.25, 0.3) is 0 Å². The summed E-state index contributed by atoms with van der Waals surface area (Å²) in [7, 11) is 0. The lowest BCUT2D eigenvalue weighted by Gasteiger charge is -1.80. The Morgan fingerprint density at radius 1 is 0.800 bits per heavy atom. The highest BCUT2D eigenvalue weighted by Gasteiger charge is 1.83. The number of ketones is 2. The van der Waals surface area contributed by atoms with Crippen LogP contribution in [0.3, 0.4) is 0 Å². The molecule has 0 amide bonds. The Morgan fingerprint density at radius 3 is 1.00 bits per heavy atom. The molecule has 4 nitrogen and oxygen atoms in total. The second-order valence-electron chi connectivity index (χ2n) is 2.79. The van der Waals surface area contributed by atoms with Gasteiger partial charge in [0.15, 0.2) is 11.6 Å². The monoisotopic (exact) mass is 214 g/mol. The largest absolute Gasteiger partial charge is 0.512 e. The zero-order chi connectivity index (χ0) is 11.7. The fourth-order valence-corrected chi connectivity index (χ4v) is 0.588. The van der Waals surface area contributed by atoms with Crippen molar-refractivity contribution in [1.29, 1.82) is 0 Å². The van der Waals surface area contributed by atoms with Gasteiger partial charge in [-0.1, -0.05) is 0 Å². The number of hydrogen-bond acceptors (Lipinski definition) is 4. The van der Waals surface area contributed by atoms with E-state index in [9.17, 15) is 9.59 Å². The molecule has 0 aromatic carbocycles. The minimum atomic E-state index is -0.125. The van der Waals surface area contributed by atoms with Crippen molar-refractivity contribution in [2.75, 3.05) is 0 Å². The Morgan fingerprint density at radius 2 is 1.00 bits per heavy atom. The summed E-state index contributed by atoms with van der Waals surface area (Å²) < 4.78 is 0. The van der Waals surface area contributed by atoms with Gasteiger partial charge in [0, 0.05) is 12.2 Å². The van der Waals surface area contributed by atoms with Gasteiger partial charge in [-0.25, -0.2) is 0 Å². The second-order valence-corrected chi connectivity index (χ2v) is 2.79. The average molecular weight is 214 g/mol. The molecule has 0 spiro atoms. The molecule has 0 saturated heterocycles. The molecule has 0 aliphatic rings. The number of aliphatic hydroxyl groups excluding tert-OH is 2. The summed E-state index contributed by atoms with van der Waals surface area (Å²) >= 11 is 0. The second kappa shape index (κ2) is 10.6. The third-order valence-electron chi connectivity index (χ3n) is 0.824. The van der Waals surface area contributed by atoms with Crippen molar-refractivity contribution in [2.45, 2.75) is 27.7 Å².